The monoisotopic (exact) mass is 222 g/mol. The molecule has 0 bridgehead atoms. The fourth-order valence-corrected chi connectivity index (χ4v) is 2.85. The van der Waals surface area contributed by atoms with Crippen LogP contribution in [-0.4, -0.2) is 36.2 Å². The highest BCUT2D eigenvalue weighted by Gasteiger charge is 2.37. The van der Waals surface area contributed by atoms with E-state index in [-0.39, 0.29) is 11.6 Å². The Kier molecular flexibility index (Phi) is 2.07. The smallest absolute Gasteiger partial charge is 0.150 e. The molecule has 3 rings (SSSR count). The number of hydrogen-bond donors (Lipinski definition) is 2. The molecule has 2 N–H and O–H groups in total. The second-order valence-corrected chi connectivity index (χ2v) is 4.80. The van der Waals surface area contributed by atoms with E-state index in [0.717, 1.165) is 25.1 Å². The Morgan fingerprint density at radius 3 is 3.12 bits per heavy atom. The van der Waals surface area contributed by atoms with Gasteiger partial charge in [-0.05, 0) is 31.6 Å². The number of phenolic OH excluding ortho intramolecular Hbond substituents is 1. The highest BCUT2D eigenvalue weighted by molar-refractivity contribution is 5.62. The van der Waals surface area contributed by atoms with E-state index in [1.165, 1.54) is 6.07 Å². The zero-order valence-electron chi connectivity index (χ0n) is 9.20. The summed E-state index contributed by atoms with van der Waals surface area (Å²) in [6, 6.07) is 3.18. The van der Waals surface area contributed by atoms with Gasteiger partial charge in [0.15, 0.2) is 0 Å². The summed E-state index contributed by atoms with van der Waals surface area (Å²) in [5.41, 5.74) is 1.51. The van der Waals surface area contributed by atoms with Gasteiger partial charge in [0.2, 0.25) is 0 Å². The molecule has 1 aromatic rings. The number of aromatic hydroxyl groups is 1. The standard InChI is InChI=1S/C12H15FN2O/c1-15-3-2-11-9(6-15)8-4-7(16)5-10(13)12(8)14-11/h4-5,9,11,14,16H,2-3,6H2,1H3. The molecule has 16 heavy (non-hydrogen) atoms. The summed E-state index contributed by atoms with van der Waals surface area (Å²) in [5, 5.41) is 12.7. The van der Waals surface area contributed by atoms with Gasteiger partial charge in [-0.15, -0.1) is 0 Å². The molecular weight excluding hydrogens is 207 g/mol. The first-order valence-corrected chi connectivity index (χ1v) is 5.62. The van der Waals surface area contributed by atoms with Crippen LogP contribution in [0.2, 0.25) is 0 Å². The van der Waals surface area contributed by atoms with E-state index in [4.69, 9.17) is 0 Å². The second kappa shape index (κ2) is 3.35. The molecular formula is C12H15FN2O. The fourth-order valence-electron chi connectivity index (χ4n) is 2.85. The number of halogens is 1. The summed E-state index contributed by atoms with van der Waals surface area (Å²) in [6.07, 6.45) is 1.02. The fraction of sp³-hybridized carbons (Fsp3) is 0.500. The zero-order chi connectivity index (χ0) is 11.3. The van der Waals surface area contributed by atoms with Crippen LogP contribution in [0.5, 0.6) is 5.75 Å². The molecule has 2 atom stereocenters. The minimum Gasteiger partial charge on any atom is -0.508 e. The van der Waals surface area contributed by atoms with Crippen molar-refractivity contribution in [2.75, 3.05) is 25.5 Å². The van der Waals surface area contributed by atoms with Crippen LogP contribution in [0.4, 0.5) is 10.1 Å². The molecule has 2 heterocycles. The molecule has 2 aliphatic heterocycles. The van der Waals surface area contributed by atoms with Crippen molar-refractivity contribution >= 4 is 5.69 Å². The minimum atomic E-state index is -0.341. The molecule has 4 heteroatoms. The molecule has 0 spiro atoms. The number of anilines is 1. The third-order valence-electron chi connectivity index (χ3n) is 3.65. The Labute approximate surface area is 93.9 Å². The van der Waals surface area contributed by atoms with Gasteiger partial charge in [-0.25, -0.2) is 4.39 Å². The maximum Gasteiger partial charge on any atom is 0.150 e. The summed E-state index contributed by atoms with van der Waals surface area (Å²) in [5.74, 6) is -0.0191. The van der Waals surface area contributed by atoms with E-state index in [1.807, 2.05) is 0 Å². The number of fused-ring (bicyclic) bond motifs is 3. The van der Waals surface area contributed by atoms with Crippen LogP contribution < -0.4 is 5.32 Å². The van der Waals surface area contributed by atoms with E-state index in [2.05, 4.69) is 17.3 Å². The van der Waals surface area contributed by atoms with Crippen LogP contribution in [0.3, 0.4) is 0 Å². The largest absolute Gasteiger partial charge is 0.508 e. The summed E-state index contributed by atoms with van der Waals surface area (Å²) in [7, 11) is 2.08. The lowest BCUT2D eigenvalue weighted by molar-refractivity contribution is 0.243. The van der Waals surface area contributed by atoms with Crippen molar-refractivity contribution in [2.45, 2.75) is 18.4 Å². The van der Waals surface area contributed by atoms with Crippen molar-refractivity contribution in [3.8, 4) is 5.75 Å². The van der Waals surface area contributed by atoms with E-state index in [9.17, 15) is 9.50 Å². The van der Waals surface area contributed by atoms with Crippen LogP contribution in [0.1, 0.15) is 17.9 Å². The molecule has 0 aromatic heterocycles. The third-order valence-corrected chi connectivity index (χ3v) is 3.65. The van der Waals surface area contributed by atoms with Gasteiger partial charge in [0.05, 0.1) is 5.69 Å². The van der Waals surface area contributed by atoms with Gasteiger partial charge in [0, 0.05) is 24.6 Å². The Morgan fingerprint density at radius 1 is 1.50 bits per heavy atom. The molecule has 0 aliphatic carbocycles. The predicted octanol–water partition coefficient (Wildman–Crippen LogP) is 1.74. The molecule has 3 nitrogen and oxygen atoms in total. The SMILES string of the molecule is CN1CCC2Nc3c(F)cc(O)cc3C2C1. The zero-order valence-corrected chi connectivity index (χ0v) is 9.20. The second-order valence-electron chi connectivity index (χ2n) is 4.80. The van der Waals surface area contributed by atoms with Crippen LogP contribution >= 0.6 is 0 Å². The Hall–Kier alpha value is -1.29. The number of piperidine rings is 1. The van der Waals surface area contributed by atoms with Crippen molar-refractivity contribution < 1.29 is 9.50 Å². The number of rotatable bonds is 0. The summed E-state index contributed by atoms with van der Waals surface area (Å²) in [6.45, 7) is 1.96. The van der Waals surface area contributed by atoms with Crippen molar-refractivity contribution in [3.05, 3.63) is 23.5 Å². The average molecular weight is 222 g/mol. The lowest BCUT2D eigenvalue weighted by Crippen LogP contribution is -2.39. The van der Waals surface area contributed by atoms with Gasteiger partial charge in [-0.3, -0.25) is 0 Å². The molecule has 2 unspecified atom stereocenters. The van der Waals surface area contributed by atoms with Gasteiger partial charge < -0.3 is 15.3 Å². The number of likely N-dealkylation sites (N-methyl/N-ethyl adjacent to an activating group) is 1. The average Bonchev–Trinajstić information content (AvgIpc) is 2.57. The minimum absolute atomic E-state index is 0.0203. The number of nitrogens with one attached hydrogen (secondary N) is 1. The topological polar surface area (TPSA) is 35.5 Å². The summed E-state index contributed by atoms with van der Waals surface area (Å²) >= 11 is 0. The number of hydrogen-bond acceptors (Lipinski definition) is 3. The van der Waals surface area contributed by atoms with Crippen molar-refractivity contribution in [1.82, 2.24) is 4.90 Å². The van der Waals surface area contributed by atoms with Gasteiger partial charge in [-0.2, -0.15) is 0 Å². The Balaban J connectivity index is 2.04. The third kappa shape index (κ3) is 1.37. The molecule has 0 radical (unpaired) electrons. The maximum absolute atomic E-state index is 13.7. The highest BCUT2D eigenvalue weighted by atomic mass is 19.1. The molecule has 0 amide bonds. The first-order valence-electron chi connectivity index (χ1n) is 5.62. The normalized spacial score (nSPS) is 28.4. The number of benzene rings is 1. The molecule has 2 aliphatic rings. The van der Waals surface area contributed by atoms with Crippen LogP contribution in [-0.2, 0) is 0 Å². The van der Waals surface area contributed by atoms with Crippen molar-refractivity contribution in [2.24, 2.45) is 0 Å². The summed E-state index contributed by atoms with van der Waals surface area (Å²) < 4.78 is 13.7. The highest BCUT2D eigenvalue weighted by Crippen LogP contribution is 2.42. The quantitative estimate of drug-likeness (QED) is 0.656. The molecule has 1 saturated heterocycles. The first-order chi connectivity index (χ1) is 7.65. The van der Waals surface area contributed by atoms with Gasteiger partial charge in [-0.1, -0.05) is 0 Å². The van der Waals surface area contributed by atoms with Crippen LogP contribution in [0.15, 0.2) is 12.1 Å². The predicted molar refractivity (Wildman–Crippen MR) is 60.3 cm³/mol. The Bertz CT molecular complexity index is 435. The lowest BCUT2D eigenvalue weighted by atomic mass is 9.89. The van der Waals surface area contributed by atoms with Gasteiger partial charge in [0.25, 0.3) is 0 Å². The van der Waals surface area contributed by atoms with E-state index in [0.29, 0.717) is 17.6 Å². The first kappa shape index (κ1) is 9.90. The molecule has 1 aromatic carbocycles. The number of likely N-dealkylation sites (tertiary alicyclic amines) is 1. The van der Waals surface area contributed by atoms with Crippen molar-refractivity contribution in [3.63, 3.8) is 0 Å². The molecule has 0 saturated carbocycles. The molecule has 1 fully saturated rings. The van der Waals surface area contributed by atoms with E-state index >= 15 is 0 Å². The van der Waals surface area contributed by atoms with Gasteiger partial charge in [0.1, 0.15) is 11.6 Å². The van der Waals surface area contributed by atoms with Crippen LogP contribution in [0, 0.1) is 5.82 Å². The Morgan fingerprint density at radius 2 is 2.31 bits per heavy atom. The number of phenols is 1. The van der Waals surface area contributed by atoms with E-state index in [1.54, 1.807) is 6.07 Å². The summed E-state index contributed by atoms with van der Waals surface area (Å²) in [4.78, 5) is 2.25. The van der Waals surface area contributed by atoms with Crippen molar-refractivity contribution in [1.29, 1.82) is 0 Å². The lowest BCUT2D eigenvalue weighted by Gasteiger charge is -2.32. The molecule has 86 valence electrons. The number of nitrogens with zero attached hydrogens (tertiary/aromatic N) is 1. The van der Waals surface area contributed by atoms with Crippen LogP contribution in [0.25, 0.3) is 0 Å². The van der Waals surface area contributed by atoms with E-state index < -0.39 is 0 Å². The maximum atomic E-state index is 13.7. The van der Waals surface area contributed by atoms with Gasteiger partial charge >= 0.3 is 0 Å².